The Morgan fingerprint density at radius 2 is 1.96 bits per heavy atom. The van der Waals surface area contributed by atoms with Crippen LogP contribution in [-0.4, -0.2) is 17.0 Å². The van der Waals surface area contributed by atoms with E-state index < -0.39 is 11.9 Å². The Morgan fingerprint density at radius 1 is 1.23 bits per heavy atom. The summed E-state index contributed by atoms with van der Waals surface area (Å²) in [6, 6.07) is 14.2. The quantitative estimate of drug-likeness (QED) is 0.702. The Balaban J connectivity index is 1.56. The number of aromatic nitrogens is 1. The van der Waals surface area contributed by atoms with Crippen LogP contribution in [0.4, 0.5) is 4.39 Å². The molecule has 1 aromatic heterocycles. The summed E-state index contributed by atoms with van der Waals surface area (Å²) in [7, 11) is 0. The molecular formula is C20H19FN2O2S. The molecule has 0 saturated heterocycles. The molecule has 1 N–H and O–H groups in total. The molecule has 1 atom stereocenters. The van der Waals surface area contributed by atoms with Gasteiger partial charge in [0.2, 0.25) is 0 Å². The van der Waals surface area contributed by atoms with E-state index in [0.29, 0.717) is 6.54 Å². The van der Waals surface area contributed by atoms with Gasteiger partial charge in [-0.2, -0.15) is 0 Å². The predicted molar refractivity (Wildman–Crippen MR) is 101 cm³/mol. The number of hydrogen-bond acceptors (Lipinski definition) is 4. The average Bonchev–Trinajstić information content (AvgIpc) is 3.11. The van der Waals surface area contributed by atoms with Gasteiger partial charge in [0.05, 0.1) is 12.2 Å². The minimum absolute atomic E-state index is 0.0606. The lowest BCUT2D eigenvalue weighted by molar-refractivity contribution is -0.127. The molecular weight excluding hydrogens is 351 g/mol. The summed E-state index contributed by atoms with van der Waals surface area (Å²) in [6.07, 6.45) is -0.804. The van der Waals surface area contributed by atoms with Gasteiger partial charge in [0.1, 0.15) is 5.01 Å². The van der Waals surface area contributed by atoms with Gasteiger partial charge < -0.3 is 10.1 Å². The Labute approximate surface area is 155 Å². The molecule has 6 heteroatoms. The number of hydrogen-bond donors (Lipinski definition) is 1. The van der Waals surface area contributed by atoms with Crippen LogP contribution < -0.4 is 10.1 Å². The van der Waals surface area contributed by atoms with Crippen molar-refractivity contribution in [1.29, 1.82) is 0 Å². The smallest absolute Gasteiger partial charge is 0.261 e. The Kier molecular flexibility index (Phi) is 5.63. The van der Waals surface area contributed by atoms with Crippen LogP contribution >= 0.6 is 11.3 Å². The lowest BCUT2D eigenvalue weighted by atomic mass is 10.2. The largest absolute Gasteiger partial charge is 0.478 e. The fourth-order valence-electron chi connectivity index (χ4n) is 2.32. The molecule has 1 unspecified atom stereocenters. The minimum atomic E-state index is -0.804. The number of carbonyl (C=O) groups is 1. The van der Waals surface area contributed by atoms with Gasteiger partial charge >= 0.3 is 0 Å². The topological polar surface area (TPSA) is 51.2 Å². The first kappa shape index (κ1) is 18.1. The number of carbonyl (C=O) groups excluding carboxylic acids is 1. The fraction of sp³-hybridized carbons (Fsp3) is 0.200. The second kappa shape index (κ2) is 8.10. The van der Waals surface area contributed by atoms with Crippen LogP contribution in [0.25, 0.3) is 10.6 Å². The van der Waals surface area contributed by atoms with Crippen LogP contribution in [0.2, 0.25) is 0 Å². The lowest BCUT2D eigenvalue weighted by Crippen LogP contribution is -2.36. The van der Waals surface area contributed by atoms with Crippen LogP contribution in [-0.2, 0) is 11.3 Å². The molecule has 0 radical (unpaired) electrons. The van der Waals surface area contributed by atoms with Crippen molar-refractivity contribution in [2.45, 2.75) is 26.5 Å². The highest BCUT2D eigenvalue weighted by atomic mass is 32.1. The Morgan fingerprint density at radius 3 is 2.69 bits per heavy atom. The third kappa shape index (κ3) is 4.46. The normalized spacial score (nSPS) is 11.8. The van der Waals surface area contributed by atoms with Gasteiger partial charge in [0, 0.05) is 10.9 Å². The molecule has 1 amide bonds. The summed E-state index contributed by atoms with van der Waals surface area (Å²) in [4.78, 5) is 16.7. The Bertz CT molecular complexity index is 893. The zero-order valence-electron chi connectivity index (χ0n) is 14.5. The number of amides is 1. The van der Waals surface area contributed by atoms with Crippen molar-refractivity contribution in [3.8, 4) is 16.3 Å². The first-order valence-corrected chi connectivity index (χ1v) is 9.11. The van der Waals surface area contributed by atoms with Gasteiger partial charge in [-0.3, -0.25) is 4.79 Å². The summed E-state index contributed by atoms with van der Waals surface area (Å²) in [5.74, 6) is -0.752. The van der Waals surface area contributed by atoms with Crippen molar-refractivity contribution in [2.75, 3.05) is 0 Å². The van der Waals surface area contributed by atoms with Crippen LogP contribution in [0.3, 0.4) is 0 Å². The molecule has 3 aromatic rings. The van der Waals surface area contributed by atoms with E-state index in [9.17, 15) is 9.18 Å². The van der Waals surface area contributed by atoms with E-state index in [1.165, 1.54) is 29.0 Å². The van der Waals surface area contributed by atoms with Crippen molar-refractivity contribution in [1.82, 2.24) is 10.3 Å². The summed E-state index contributed by atoms with van der Waals surface area (Å²) in [5, 5.41) is 5.59. The van der Waals surface area contributed by atoms with Crippen molar-refractivity contribution in [3.05, 3.63) is 71.0 Å². The standard InChI is InChI=1S/C20H19FN2O2S/c1-13-7-9-15(10-8-13)20-23-16(12-26-20)11-22-19(24)14(2)25-18-6-4-3-5-17(18)21/h3-10,12,14H,11H2,1-2H3,(H,22,24). The summed E-state index contributed by atoms with van der Waals surface area (Å²) < 4.78 is 19.0. The number of rotatable bonds is 6. The van der Waals surface area contributed by atoms with E-state index >= 15 is 0 Å². The van der Waals surface area contributed by atoms with Crippen molar-refractivity contribution in [2.24, 2.45) is 0 Å². The van der Waals surface area contributed by atoms with Crippen LogP contribution in [0.1, 0.15) is 18.2 Å². The molecule has 2 aromatic carbocycles. The molecule has 0 bridgehead atoms. The first-order chi connectivity index (χ1) is 12.5. The number of aryl methyl sites for hydroxylation is 1. The number of nitrogens with zero attached hydrogens (tertiary/aromatic N) is 1. The molecule has 1 heterocycles. The van der Waals surface area contributed by atoms with Crippen LogP contribution in [0, 0.1) is 12.7 Å². The summed E-state index contributed by atoms with van der Waals surface area (Å²) >= 11 is 1.53. The molecule has 0 aliphatic carbocycles. The van der Waals surface area contributed by atoms with Crippen LogP contribution in [0.5, 0.6) is 5.75 Å². The molecule has 134 valence electrons. The second-order valence-electron chi connectivity index (χ2n) is 5.92. The van der Waals surface area contributed by atoms with Crippen molar-refractivity contribution >= 4 is 17.2 Å². The van der Waals surface area contributed by atoms with Crippen LogP contribution in [0.15, 0.2) is 53.9 Å². The second-order valence-corrected chi connectivity index (χ2v) is 6.78. The van der Waals surface area contributed by atoms with E-state index in [0.717, 1.165) is 16.3 Å². The summed E-state index contributed by atoms with van der Waals surface area (Å²) in [6.45, 7) is 3.92. The minimum Gasteiger partial charge on any atom is -0.478 e. The maximum atomic E-state index is 13.6. The zero-order chi connectivity index (χ0) is 18.5. The molecule has 4 nitrogen and oxygen atoms in total. The highest BCUT2D eigenvalue weighted by Gasteiger charge is 2.16. The monoisotopic (exact) mass is 370 g/mol. The third-order valence-corrected chi connectivity index (χ3v) is 4.74. The molecule has 0 fully saturated rings. The maximum Gasteiger partial charge on any atom is 0.261 e. The van der Waals surface area contributed by atoms with Gasteiger partial charge in [-0.15, -0.1) is 11.3 Å². The van der Waals surface area contributed by atoms with Crippen molar-refractivity contribution < 1.29 is 13.9 Å². The van der Waals surface area contributed by atoms with Crippen molar-refractivity contribution in [3.63, 3.8) is 0 Å². The number of benzene rings is 2. The highest BCUT2D eigenvalue weighted by Crippen LogP contribution is 2.24. The number of halogens is 1. The SMILES string of the molecule is Cc1ccc(-c2nc(CNC(=O)C(C)Oc3ccccc3F)cs2)cc1. The zero-order valence-corrected chi connectivity index (χ0v) is 15.3. The maximum absolute atomic E-state index is 13.6. The van der Waals surface area contributed by atoms with E-state index in [-0.39, 0.29) is 11.7 Å². The van der Waals surface area contributed by atoms with Gasteiger partial charge in [0.15, 0.2) is 17.7 Å². The fourth-order valence-corrected chi connectivity index (χ4v) is 3.15. The Hall–Kier alpha value is -2.73. The molecule has 0 saturated carbocycles. The first-order valence-electron chi connectivity index (χ1n) is 8.23. The third-order valence-electron chi connectivity index (χ3n) is 3.80. The number of ether oxygens (including phenoxy) is 1. The lowest BCUT2D eigenvalue weighted by Gasteiger charge is -2.14. The number of nitrogens with one attached hydrogen (secondary N) is 1. The highest BCUT2D eigenvalue weighted by molar-refractivity contribution is 7.13. The molecule has 26 heavy (non-hydrogen) atoms. The average molecular weight is 370 g/mol. The number of thiazole rings is 1. The predicted octanol–water partition coefficient (Wildman–Crippen LogP) is 4.34. The van der Waals surface area contributed by atoms with E-state index in [1.54, 1.807) is 19.1 Å². The molecule has 3 rings (SSSR count). The van der Waals surface area contributed by atoms with E-state index in [4.69, 9.17) is 4.74 Å². The van der Waals surface area contributed by atoms with Gasteiger partial charge in [-0.25, -0.2) is 9.37 Å². The van der Waals surface area contributed by atoms with Gasteiger partial charge in [-0.1, -0.05) is 42.0 Å². The van der Waals surface area contributed by atoms with E-state index in [1.807, 2.05) is 36.6 Å². The molecule has 0 aliphatic rings. The van der Waals surface area contributed by atoms with Gasteiger partial charge in [-0.05, 0) is 26.0 Å². The number of para-hydroxylation sites is 1. The van der Waals surface area contributed by atoms with E-state index in [2.05, 4.69) is 10.3 Å². The molecule has 0 aliphatic heterocycles. The molecule has 0 spiro atoms. The van der Waals surface area contributed by atoms with Gasteiger partial charge in [0.25, 0.3) is 5.91 Å². The summed E-state index contributed by atoms with van der Waals surface area (Å²) in [5.41, 5.74) is 3.02.